The fourth-order valence-electron chi connectivity index (χ4n) is 1.64. The highest BCUT2D eigenvalue weighted by molar-refractivity contribution is 5.66. The summed E-state index contributed by atoms with van der Waals surface area (Å²) < 4.78 is 5.03. The van der Waals surface area contributed by atoms with Crippen molar-refractivity contribution < 1.29 is 4.52 Å². The first-order valence-electron chi connectivity index (χ1n) is 5.12. The molecule has 0 unspecified atom stereocenters. The molecule has 0 aliphatic rings. The third-order valence-electron chi connectivity index (χ3n) is 2.37. The van der Waals surface area contributed by atoms with Crippen LogP contribution in [0.1, 0.15) is 18.9 Å². The van der Waals surface area contributed by atoms with Gasteiger partial charge in [0, 0.05) is 11.1 Å². The van der Waals surface area contributed by atoms with Crippen molar-refractivity contribution >= 4 is 5.88 Å². The number of hydrogen-bond acceptors (Lipinski definition) is 3. The molecule has 15 heavy (non-hydrogen) atoms. The molecule has 78 valence electrons. The van der Waals surface area contributed by atoms with Gasteiger partial charge in [0.2, 0.25) is 5.88 Å². The molecule has 0 bridgehead atoms. The zero-order valence-corrected chi connectivity index (χ0v) is 8.73. The van der Waals surface area contributed by atoms with E-state index in [0.29, 0.717) is 5.88 Å². The molecule has 0 atom stereocenters. The quantitative estimate of drug-likeness (QED) is 0.832. The summed E-state index contributed by atoms with van der Waals surface area (Å²) in [6, 6.07) is 9.96. The van der Waals surface area contributed by atoms with E-state index in [1.807, 2.05) is 30.3 Å². The van der Waals surface area contributed by atoms with Crippen LogP contribution in [-0.2, 0) is 6.42 Å². The van der Waals surface area contributed by atoms with Crippen LogP contribution < -0.4 is 5.73 Å². The van der Waals surface area contributed by atoms with Crippen LogP contribution >= 0.6 is 0 Å². The molecule has 3 heteroatoms. The maximum absolute atomic E-state index is 5.74. The first-order valence-corrected chi connectivity index (χ1v) is 5.12. The molecule has 3 nitrogen and oxygen atoms in total. The first kappa shape index (κ1) is 9.77. The lowest BCUT2D eigenvalue weighted by Crippen LogP contribution is -1.91. The van der Waals surface area contributed by atoms with Crippen LogP contribution in [0.3, 0.4) is 0 Å². The van der Waals surface area contributed by atoms with E-state index in [1.165, 1.54) is 0 Å². The van der Waals surface area contributed by atoms with E-state index in [1.54, 1.807) is 0 Å². The molecule has 0 spiro atoms. The Labute approximate surface area is 88.9 Å². The molecule has 2 N–H and O–H groups in total. The fourth-order valence-corrected chi connectivity index (χ4v) is 1.64. The number of aromatic nitrogens is 1. The van der Waals surface area contributed by atoms with Gasteiger partial charge in [-0.3, -0.25) is 0 Å². The summed E-state index contributed by atoms with van der Waals surface area (Å²) >= 11 is 0. The third-order valence-corrected chi connectivity index (χ3v) is 2.37. The molecule has 2 rings (SSSR count). The second kappa shape index (κ2) is 4.17. The topological polar surface area (TPSA) is 52.0 Å². The summed E-state index contributed by atoms with van der Waals surface area (Å²) in [5.41, 5.74) is 8.68. The number of nitrogens with two attached hydrogens (primary N) is 1. The average Bonchev–Trinajstić information content (AvgIpc) is 2.63. The van der Waals surface area contributed by atoms with Gasteiger partial charge in [-0.25, -0.2) is 0 Å². The molecular weight excluding hydrogens is 188 g/mol. The summed E-state index contributed by atoms with van der Waals surface area (Å²) in [5, 5.41) is 4.00. The molecule has 0 aliphatic carbocycles. The zero-order chi connectivity index (χ0) is 10.7. The lowest BCUT2D eigenvalue weighted by atomic mass is 10.0. The summed E-state index contributed by atoms with van der Waals surface area (Å²) in [6.07, 6.45) is 1.94. The van der Waals surface area contributed by atoms with Gasteiger partial charge in [-0.05, 0) is 6.42 Å². The molecule has 1 heterocycles. The van der Waals surface area contributed by atoms with Crippen molar-refractivity contribution in [2.75, 3.05) is 5.73 Å². The van der Waals surface area contributed by atoms with Crippen LogP contribution in [0.2, 0.25) is 0 Å². The zero-order valence-electron chi connectivity index (χ0n) is 8.73. The van der Waals surface area contributed by atoms with Gasteiger partial charge in [-0.2, -0.15) is 0 Å². The van der Waals surface area contributed by atoms with E-state index in [2.05, 4.69) is 12.1 Å². The molecule has 2 aromatic rings. The van der Waals surface area contributed by atoms with E-state index in [9.17, 15) is 0 Å². The maximum atomic E-state index is 5.74. The molecule has 0 saturated heterocycles. The van der Waals surface area contributed by atoms with Gasteiger partial charge in [0.25, 0.3) is 0 Å². The summed E-state index contributed by atoms with van der Waals surface area (Å²) in [4.78, 5) is 0. The Balaban J connectivity index is 2.44. The van der Waals surface area contributed by atoms with Gasteiger partial charge in [0.05, 0.1) is 0 Å². The number of nitrogen functional groups attached to an aromatic ring is 1. The van der Waals surface area contributed by atoms with Gasteiger partial charge in [0.15, 0.2) is 0 Å². The van der Waals surface area contributed by atoms with E-state index >= 15 is 0 Å². The van der Waals surface area contributed by atoms with Gasteiger partial charge in [-0.1, -0.05) is 48.8 Å². The van der Waals surface area contributed by atoms with E-state index in [-0.39, 0.29) is 0 Å². The van der Waals surface area contributed by atoms with Crippen LogP contribution in [0.5, 0.6) is 0 Å². The van der Waals surface area contributed by atoms with Crippen molar-refractivity contribution in [1.29, 1.82) is 0 Å². The predicted octanol–water partition coefficient (Wildman–Crippen LogP) is 2.88. The maximum Gasteiger partial charge on any atom is 0.225 e. The van der Waals surface area contributed by atoms with Crippen LogP contribution in [0.15, 0.2) is 34.9 Å². The SMILES string of the molecule is CCCc1c(-c2ccccc2)noc1N. The molecular formula is C12H14N2O. The molecule has 1 aromatic heterocycles. The molecule has 0 saturated carbocycles. The number of anilines is 1. The van der Waals surface area contributed by atoms with Gasteiger partial charge < -0.3 is 10.3 Å². The Bertz CT molecular complexity index is 434. The van der Waals surface area contributed by atoms with Crippen molar-refractivity contribution in [3.63, 3.8) is 0 Å². The second-order valence-electron chi connectivity index (χ2n) is 3.49. The number of nitrogens with zero attached hydrogens (tertiary/aromatic N) is 1. The molecule has 0 aliphatic heterocycles. The fraction of sp³-hybridized carbons (Fsp3) is 0.250. The number of hydrogen-bond donors (Lipinski definition) is 1. The molecule has 1 aromatic carbocycles. The van der Waals surface area contributed by atoms with Crippen LogP contribution in [0, 0.1) is 0 Å². The smallest absolute Gasteiger partial charge is 0.225 e. The summed E-state index contributed by atoms with van der Waals surface area (Å²) in [7, 11) is 0. The van der Waals surface area contributed by atoms with E-state index < -0.39 is 0 Å². The summed E-state index contributed by atoms with van der Waals surface area (Å²) in [5.74, 6) is 0.440. The Morgan fingerprint density at radius 2 is 2.00 bits per heavy atom. The number of rotatable bonds is 3. The van der Waals surface area contributed by atoms with Crippen molar-refractivity contribution in [2.45, 2.75) is 19.8 Å². The minimum Gasteiger partial charge on any atom is -0.367 e. The molecule has 0 radical (unpaired) electrons. The largest absolute Gasteiger partial charge is 0.367 e. The molecule has 0 amide bonds. The highest BCUT2D eigenvalue weighted by Gasteiger charge is 2.13. The normalized spacial score (nSPS) is 10.5. The minimum absolute atomic E-state index is 0.440. The average molecular weight is 202 g/mol. The Hall–Kier alpha value is -1.77. The Morgan fingerprint density at radius 3 is 2.67 bits per heavy atom. The second-order valence-corrected chi connectivity index (χ2v) is 3.49. The van der Waals surface area contributed by atoms with Gasteiger partial charge >= 0.3 is 0 Å². The minimum atomic E-state index is 0.440. The van der Waals surface area contributed by atoms with Gasteiger partial charge in [-0.15, -0.1) is 0 Å². The van der Waals surface area contributed by atoms with E-state index in [0.717, 1.165) is 29.7 Å². The highest BCUT2D eigenvalue weighted by Crippen LogP contribution is 2.27. The third kappa shape index (κ3) is 1.86. The van der Waals surface area contributed by atoms with Crippen molar-refractivity contribution in [2.24, 2.45) is 0 Å². The Kier molecular flexibility index (Phi) is 2.72. The predicted molar refractivity (Wildman–Crippen MR) is 60.3 cm³/mol. The van der Waals surface area contributed by atoms with Crippen LogP contribution in [0.4, 0.5) is 5.88 Å². The van der Waals surface area contributed by atoms with Crippen molar-refractivity contribution in [3.05, 3.63) is 35.9 Å². The van der Waals surface area contributed by atoms with Crippen LogP contribution in [-0.4, -0.2) is 5.16 Å². The lowest BCUT2D eigenvalue weighted by Gasteiger charge is -1.99. The highest BCUT2D eigenvalue weighted by atomic mass is 16.5. The number of benzene rings is 1. The monoisotopic (exact) mass is 202 g/mol. The first-order chi connectivity index (χ1) is 7.33. The van der Waals surface area contributed by atoms with Crippen molar-refractivity contribution in [3.8, 4) is 11.3 Å². The summed E-state index contributed by atoms with van der Waals surface area (Å²) in [6.45, 7) is 2.11. The standard InChI is InChI=1S/C12H14N2O/c1-2-6-10-11(14-15-12(10)13)9-7-4-3-5-8-9/h3-5,7-8H,2,6,13H2,1H3. The lowest BCUT2D eigenvalue weighted by molar-refractivity contribution is 0.438. The molecule has 0 fully saturated rings. The van der Waals surface area contributed by atoms with E-state index in [4.69, 9.17) is 10.3 Å². The van der Waals surface area contributed by atoms with Crippen molar-refractivity contribution in [1.82, 2.24) is 5.16 Å². The van der Waals surface area contributed by atoms with Crippen LogP contribution in [0.25, 0.3) is 11.3 Å². The van der Waals surface area contributed by atoms with Gasteiger partial charge in [0.1, 0.15) is 5.69 Å². The Morgan fingerprint density at radius 1 is 1.27 bits per heavy atom.